The highest BCUT2D eigenvalue weighted by molar-refractivity contribution is 5.82. The number of amides is 2. The zero-order valence-corrected chi connectivity index (χ0v) is 9.20. The normalized spacial score (nSPS) is 13.0. The number of nitrogens with one attached hydrogen (secondary N) is 1. The predicted molar refractivity (Wildman–Crippen MR) is 54.6 cm³/mol. The number of carbonyl (C=O) groups excluding carboxylic acids is 2. The van der Waals surface area contributed by atoms with Gasteiger partial charge in [-0.25, -0.2) is 0 Å². The third-order valence-electron chi connectivity index (χ3n) is 1.92. The summed E-state index contributed by atoms with van der Waals surface area (Å²) in [5.41, 5.74) is 5.10. The topological polar surface area (TPSA) is 75.4 Å². The Morgan fingerprint density at radius 3 is 2.21 bits per heavy atom. The summed E-state index contributed by atoms with van der Waals surface area (Å²) in [6.07, 6.45) is 0. The molecule has 0 bridgehead atoms. The summed E-state index contributed by atoms with van der Waals surface area (Å²) in [4.78, 5) is 23.7. The molecule has 0 fully saturated rings. The van der Waals surface area contributed by atoms with Crippen LogP contribution in [0.1, 0.15) is 20.8 Å². The molecule has 3 N–H and O–H groups in total. The first-order chi connectivity index (χ1) is 6.34. The van der Waals surface area contributed by atoms with Gasteiger partial charge in [-0.15, -0.1) is 0 Å². The Bertz CT molecular complexity index is 216. The van der Waals surface area contributed by atoms with Crippen molar-refractivity contribution < 1.29 is 9.59 Å². The van der Waals surface area contributed by atoms with E-state index in [2.05, 4.69) is 5.32 Å². The third kappa shape index (κ3) is 4.81. The molecule has 0 aromatic carbocycles. The van der Waals surface area contributed by atoms with E-state index in [1.54, 1.807) is 18.9 Å². The van der Waals surface area contributed by atoms with Crippen LogP contribution in [-0.4, -0.2) is 42.4 Å². The van der Waals surface area contributed by atoms with Crippen LogP contribution in [0.15, 0.2) is 0 Å². The van der Waals surface area contributed by atoms with Crippen LogP contribution in [0, 0.1) is 0 Å². The molecule has 5 nitrogen and oxygen atoms in total. The Kier molecular flexibility index (Phi) is 5.15. The summed E-state index contributed by atoms with van der Waals surface area (Å²) in [5, 5.41) is 2.73. The van der Waals surface area contributed by atoms with Gasteiger partial charge in [0.1, 0.15) is 0 Å². The number of carbonyl (C=O) groups is 2. The molecular formula is C9H19N3O2. The van der Waals surface area contributed by atoms with E-state index in [1.165, 1.54) is 0 Å². The molecule has 0 aromatic heterocycles. The van der Waals surface area contributed by atoms with E-state index in [0.717, 1.165) is 0 Å². The minimum Gasteiger partial charge on any atom is -0.368 e. The highest BCUT2D eigenvalue weighted by atomic mass is 16.2. The maximum absolute atomic E-state index is 11.3. The van der Waals surface area contributed by atoms with Crippen LogP contribution >= 0.6 is 0 Å². The Morgan fingerprint density at radius 2 is 1.86 bits per heavy atom. The summed E-state index contributed by atoms with van der Waals surface area (Å²) < 4.78 is 0. The fourth-order valence-corrected chi connectivity index (χ4v) is 0.948. The Morgan fingerprint density at radius 1 is 1.36 bits per heavy atom. The lowest BCUT2D eigenvalue weighted by Gasteiger charge is -2.21. The molecule has 82 valence electrons. The van der Waals surface area contributed by atoms with Crippen molar-refractivity contribution in [1.29, 1.82) is 0 Å². The second kappa shape index (κ2) is 5.59. The van der Waals surface area contributed by atoms with Gasteiger partial charge in [-0.05, 0) is 27.8 Å². The van der Waals surface area contributed by atoms with E-state index in [1.807, 2.05) is 13.8 Å². The van der Waals surface area contributed by atoms with Crippen molar-refractivity contribution in [2.24, 2.45) is 5.73 Å². The minimum atomic E-state index is -0.426. The van der Waals surface area contributed by atoms with Gasteiger partial charge in [0.05, 0.1) is 12.6 Å². The average Bonchev–Trinajstić information content (AvgIpc) is 2.00. The maximum Gasteiger partial charge on any atom is 0.234 e. The van der Waals surface area contributed by atoms with Crippen LogP contribution in [0.5, 0.6) is 0 Å². The summed E-state index contributed by atoms with van der Waals surface area (Å²) >= 11 is 0. The molecule has 0 saturated carbocycles. The Hall–Kier alpha value is -1.10. The molecule has 0 saturated heterocycles. The molecular weight excluding hydrogens is 182 g/mol. The van der Waals surface area contributed by atoms with E-state index in [-0.39, 0.29) is 18.5 Å². The largest absolute Gasteiger partial charge is 0.368 e. The molecule has 0 aliphatic rings. The Balaban J connectivity index is 3.99. The van der Waals surface area contributed by atoms with E-state index < -0.39 is 11.9 Å². The van der Waals surface area contributed by atoms with Crippen molar-refractivity contribution in [3.8, 4) is 0 Å². The molecule has 2 amide bonds. The lowest BCUT2D eigenvalue weighted by molar-refractivity contribution is -0.125. The van der Waals surface area contributed by atoms with E-state index in [9.17, 15) is 9.59 Å². The van der Waals surface area contributed by atoms with E-state index >= 15 is 0 Å². The molecule has 0 spiro atoms. The second-order valence-corrected chi connectivity index (χ2v) is 3.72. The van der Waals surface area contributed by atoms with Gasteiger partial charge in [0, 0.05) is 6.04 Å². The molecule has 0 aliphatic carbocycles. The van der Waals surface area contributed by atoms with Crippen LogP contribution in [0.3, 0.4) is 0 Å². The summed E-state index contributed by atoms with van der Waals surface area (Å²) in [7, 11) is 1.69. The first-order valence-corrected chi connectivity index (χ1v) is 4.63. The van der Waals surface area contributed by atoms with Gasteiger partial charge in [0.15, 0.2) is 0 Å². The SMILES string of the molecule is CC(C)NC(=O)CN(C)C(C)C(N)=O. The quantitative estimate of drug-likeness (QED) is 0.618. The van der Waals surface area contributed by atoms with Crippen LogP contribution in [-0.2, 0) is 9.59 Å². The van der Waals surface area contributed by atoms with E-state index in [4.69, 9.17) is 5.73 Å². The van der Waals surface area contributed by atoms with Crippen LogP contribution in [0.2, 0.25) is 0 Å². The summed E-state index contributed by atoms with van der Waals surface area (Å²) in [6.45, 7) is 5.62. The fraction of sp³-hybridized carbons (Fsp3) is 0.778. The molecule has 0 heterocycles. The maximum atomic E-state index is 11.3. The molecule has 14 heavy (non-hydrogen) atoms. The zero-order chi connectivity index (χ0) is 11.3. The first-order valence-electron chi connectivity index (χ1n) is 4.63. The van der Waals surface area contributed by atoms with Gasteiger partial charge < -0.3 is 11.1 Å². The van der Waals surface area contributed by atoms with Gasteiger partial charge in [0.25, 0.3) is 0 Å². The van der Waals surface area contributed by atoms with Crippen molar-refractivity contribution in [1.82, 2.24) is 10.2 Å². The molecule has 0 radical (unpaired) electrons. The molecule has 0 aromatic rings. The number of rotatable bonds is 5. The predicted octanol–water partition coefficient (Wildman–Crippen LogP) is -0.683. The summed E-state index contributed by atoms with van der Waals surface area (Å²) in [5.74, 6) is -0.527. The van der Waals surface area contributed by atoms with E-state index in [0.29, 0.717) is 0 Å². The van der Waals surface area contributed by atoms with Gasteiger partial charge in [-0.3, -0.25) is 14.5 Å². The van der Waals surface area contributed by atoms with Crippen molar-refractivity contribution in [3.05, 3.63) is 0 Å². The van der Waals surface area contributed by atoms with Gasteiger partial charge in [-0.1, -0.05) is 0 Å². The van der Waals surface area contributed by atoms with Crippen molar-refractivity contribution in [2.45, 2.75) is 32.9 Å². The van der Waals surface area contributed by atoms with Crippen LogP contribution in [0.25, 0.3) is 0 Å². The van der Waals surface area contributed by atoms with Gasteiger partial charge >= 0.3 is 0 Å². The van der Waals surface area contributed by atoms with Crippen molar-refractivity contribution >= 4 is 11.8 Å². The average molecular weight is 201 g/mol. The molecule has 5 heteroatoms. The van der Waals surface area contributed by atoms with Gasteiger partial charge in [-0.2, -0.15) is 0 Å². The minimum absolute atomic E-state index is 0.101. The molecule has 1 unspecified atom stereocenters. The van der Waals surface area contributed by atoms with Crippen LogP contribution < -0.4 is 11.1 Å². The van der Waals surface area contributed by atoms with Gasteiger partial charge in [0.2, 0.25) is 11.8 Å². The number of hydrogen-bond acceptors (Lipinski definition) is 3. The number of nitrogens with zero attached hydrogens (tertiary/aromatic N) is 1. The van der Waals surface area contributed by atoms with Crippen molar-refractivity contribution in [2.75, 3.05) is 13.6 Å². The fourth-order valence-electron chi connectivity index (χ4n) is 0.948. The number of primary amides is 1. The molecule has 0 rings (SSSR count). The number of likely N-dealkylation sites (N-methyl/N-ethyl adjacent to an activating group) is 1. The molecule has 0 aliphatic heterocycles. The molecule has 1 atom stereocenters. The number of nitrogens with two attached hydrogens (primary N) is 1. The summed E-state index contributed by atoms with van der Waals surface area (Å²) in [6, 6.07) is -0.312. The highest BCUT2D eigenvalue weighted by Gasteiger charge is 2.17. The third-order valence-corrected chi connectivity index (χ3v) is 1.92. The Labute approximate surface area is 84.6 Å². The standard InChI is InChI=1S/C9H19N3O2/c1-6(2)11-8(13)5-12(4)7(3)9(10)14/h6-7H,5H2,1-4H3,(H2,10,14)(H,11,13). The lowest BCUT2D eigenvalue weighted by atomic mass is 10.3. The number of hydrogen-bond donors (Lipinski definition) is 2. The monoisotopic (exact) mass is 201 g/mol. The first kappa shape index (κ1) is 12.9. The van der Waals surface area contributed by atoms with Crippen LogP contribution in [0.4, 0.5) is 0 Å². The smallest absolute Gasteiger partial charge is 0.234 e. The highest BCUT2D eigenvalue weighted by Crippen LogP contribution is 1.93. The second-order valence-electron chi connectivity index (χ2n) is 3.72. The van der Waals surface area contributed by atoms with Crippen molar-refractivity contribution in [3.63, 3.8) is 0 Å². The zero-order valence-electron chi connectivity index (χ0n) is 9.20. The lowest BCUT2D eigenvalue weighted by Crippen LogP contribution is -2.46.